The molecule has 0 aliphatic heterocycles. The first kappa shape index (κ1) is 20.2. The van der Waals surface area contributed by atoms with Gasteiger partial charge in [0.1, 0.15) is 11.6 Å². The van der Waals surface area contributed by atoms with Crippen LogP contribution >= 0.6 is 11.3 Å². The number of thiophene rings is 1. The zero-order valence-electron chi connectivity index (χ0n) is 17.0. The molecule has 0 bridgehead atoms. The highest BCUT2D eigenvalue weighted by Crippen LogP contribution is 2.18. The summed E-state index contributed by atoms with van der Waals surface area (Å²) in [6.07, 6.45) is 1.88. The molecular weight excluding hydrogens is 394 g/mol. The number of carbonyl (C=O) groups is 1. The van der Waals surface area contributed by atoms with Crippen LogP contribution in [0.5, 0.6) is 5.75 Å². The molecule has 4 rings (SSSR count). The molecule has 0 spiro atoms. The van der Waals surface area contributed by atoms with Gasteiger partial charge in [0.2, 0.25) is 0 Å². The molecule has 154 valence electrons. The predicted molar refractivity (Wildman–Crippen MR) is 121 cm³/mol. The van der Waals surface area contributed by atoms with Crippen molar-refractivity contribution in [3.8, 4) is 5.75 Å². The van der Waals surface area contributed by atoms with Crippen LogP contribution in [0, 0.1) is 0 Å². The molecule has 0 atom stereocenters. The van der Waals surface area contributed by atoms with Crippen molar-refractivity contribution in [3.05, 3.63) is 82.3 Å². The Kier molecular flexibility index (Phi) is 6.44. The van der Waals surface area contributed by atoms with Gasteiger partial charge in [-0.15, -0.1) is 11.3 Å². The number of nitrogens with zero attached hydrogens (tertiary/aromatic N) is 2. The number of hydrogen-bond acceptors (Lipinski definition) is 4. The molecule has 4 aromatic rings. The smallest absolute Gasteiger partial charge is 0.261 e. The largest absolute Gasteiger partial charge is 0.494 e. The van der Waals surface area contributed by atoms with Gasteiger partial charge in [-0.25, -0.2) is 4.98 Å². The first-order chi connectivity index (χ1) is 14.7. The van der Waals surface area contributed by atoms with E-state index in [2.05, 4.69) is 35.0 Å². The summed E-state index contributed by atoms with van der Waals surface area (Å²) in [5.74, 6) is 1.68. The summed E-state index contributed by atoms with van der Waals surface area (Å²) >= 11 is 1.44. The number of aryl methyl sites for hydroxylation is 2. The molecule has 0 aliphatic rings. The van der Waals surface area contributed by atoms with Gasteiger partial charge >= 0.3 is 0 Å². The van der Waals surface area contributed by atoms with E-state index in [1.807, 2.05) is 47.8 Å². The quantitative estimate of drug-likeness (QED) is 0.386. The molecule has 0 radical (unpaired) electrons. The number of fused-ring (bicyclic) bond motifs is 1. The normalized spacial score (nSPS) is 11.0. The Morgan fingerprint density at radius 1 is 1.10 bits per heavy atom. The van der Waals surface area contributed by atoms with Crippen molar-refractivity contribution in [2.45, 2.75) is 32.9 Å². The number of imidazole rings is 1. The Bertz CT molecular complexity index is 1100. The van der Waals surface area contributed by atoms with Crippen molar-refractivity contribution in [2.75, 3.05) is 6.61 Å². The lowest BCUT2D eigenvalue weighted by Crippen LogP contribution is -2.24. The third kappa shape index (κ3) is 4.71. The molecule has 6 heteroatoms. The van der Waals surface area contributed by atoms with Gasteiger partial charge in [0.05, 0.1) is 29.1 Å². The number of rotatable bonds is 9. The van der Waals surface area contributed by atoms with Crippen molar-refractivity contribution >= 4 is 28.3 Å². The summed E-state index contributed by atoms with van der Waals surface area (Å²) in [5.41, 5.74) is 3.32. The van der Waals surface area contributed by atoms with Crippen molar-refractivity contribution < 1.29 is 9.53 Å². The summed E-state index contributed by atoms with van der Waals surface area (Å²) < 4.78 is 8.07. The van der Waals surface area contributed by atoms with Crippen LogP contribution in [0.3, 0.4) is 0 Å². The van der Waals surface area contributed by atoms with E-state index in [9.17, 15) is 4.79 Å². The van der Waals surface area contributed by atoms with Gasteiger partial charge in [0.15, 0.2) is 0 Å². The molecular formula is C24H25N3O2S. The lowest BCUT2D eigenvalue weighted by molar-refractivity contribution is 0.0953. The molecule has 1 N–H and O–H groups in total. The maximum atomic E-state index is 12.3. The van der Waals surface area contributed by atoms with Gasteiger partial charge in [0, 0.05) is 6.54 Å². The van der Waals surface area contributed by atoms with Crippen LogP contribution in [0.2, 0.25) is 0 Å². The van der Waals surface area contributed by atoms with Crippen molar-refractivity contribution in [2.24, 2.45) is 0 Å². The molecule has 5 nitrogen and oxygen atoms in total. The number of ether oxygens (including phenoxy) is 1. The van der Waals surface area contributed by atoms with Gasteiger partial charge in [-0.2, -0.15) is 0 Å². The van der Waals surface area contributed by atoms with Gasteiger partial charge < -0.3 is 14.6 Å². The van der Waals surface area contributed by atoms with E-state index in [1.54, 1.807) is 0 Å². The fraction of sp³-hybridized carbons (Fsp3) is 0.250. The highest BCUT2D eigenvalue weighted by Gasteiger charge is 2.12. The minimum absolute atomic E-state index is 0.0672. The molecule has 2 aromatic carbocycles. The molecule has 0 fully saturated rings. The Labute approximate surface area is 180 Å². The second-order valence-corrected chi connectivity index (χ2v) is 7.98. The maximum Gasteiger partial charge on any atom is 0.261 e. The van der Waals surface area contributed by atoms with Gasteiger partial charge in [0.25, 0.3) is 5.91 Å². The molecule has 0 saturated heterocycles. The highest BCUT2D eigenvalue weighted by atomic mass is 32.1. The minimum atomic E-state index is -0.0672. The van der Waals surface area contributed by atoms with Crippen molar-refractivity contribution in [1.29, 1.82) is 0 Å². The number of carbonyl (C=O) groups excluding carboxylic acids is 1. The zero-order valence-corrected chi connectivity index (χ0v) is 17.8. The van der Waals surface area contributed by atoms with Crippen LogP contribution in [-0.4, -0.2) is 22.1 Å². The Balaban J connectivity index is 1.40. The third-order valence-electron chi connectivity index (χ3n) is 5.01. The minimum Gasteiger partial charge on any atom is -0.494 e. The van der Waals surface area contributed by atoms with Crippen molar-refractivity contribution in [1.82, 2.24) is 14.9 Å². The standard InChI is InChI=1S/C24H25N3O2S/c1-2-18-10-12-19(13-11-18)29-15-6-14-27-21-8-4-3-7-20(21)26-23(27)17-25-24(28)22-9-5-16-30-22/h3-5,7-13,16H,2,6,14-15,17H2,1H3,(H,25,28). The Hall–Kier alpha value is -3.12. The summed E-state index contributed by atoms with van der Waals surface area (Å²) in [4.78, 5) is 17.8. The van der Waals surface area contributed by atoms with Crippen LogP contribution in [0.15, 0.2) is 66.0 Å². The van der Waals surface area contributed by atoms with E-state index in [0.717, 1.165) is 42.0 Å². The van der Waals surface area contributed by atoms with E-state index < -0.39 is 0 Å². The van der Waals surface area contributed by atoms with E-state index in [0.29, 0.717) is 18.0 Å². The van der Waals surface area contributed by atoms with Crippen LogP contribution < -0.4 is 10.1 Å². The predicted octanol–water partition coefficient (Wildman–Crippen LogP) is 5.06. The van der Waals surface area contributed by atoms with E-state index in [-0.39, 0.29) is 5.91 Å². The fourth-order valence-corrected chi connectivity index (χ4v) is 4.04. The maximum absolute atomic E-state index is 12.3. The molecule has 30 heavy (non-hydrogen) atoms. The molecule has 0 saturated carbocycles. The number of nitrogens with one attached hydrogen (secondary N) is 1. The van der Waals surface area contributed by atoms with E-state index in [4.69, 9.17) is 9.72 Å². The number of para-hydroxylation sites is 2. The number of amides is 1. The second kappa shape index (κ2) is 9.59. The first-order valence-electron chi connectivity index (χ1n) is 10.2. The molecule has 2 heterocycles. The lowest BCUT2D eigenvalue weighted by atomic mass is 10.2. The zero-order chi connectivity index (χ0) is 20.8. The third-order valence-corrected chi connectivity index (χ3v) is 5.88. The summed E-state index contributed by atoms with van der Waals surface area (Å²) in [7, 11) is 0. The summed E-state index contributed by atoms with van der Waals surface area (Å²) in [5, 5.41) is 4.89. The molecule has 0 aliphatic carbocycles. The van der Waals surface area contributed by atoms with Gasteiger partial charge in [-0.1, -0.05) is 37.3 Å². The highest BCUT2D eigenvalue weighted by molar-refractivity contribution is 7.12. The van der Waals surface area contributed by atoms with Crippen LogP contribution in [0.1, 0.15) is 34.4 Å². The van der Waals surface area contributed by atoms with Gasteiger partial charge in [-0.05, 0) is 54.1 Å². The fourth-order valence-electron chi connectivity index (χ4n) is 3.40. The Morgan fingerprint density at radius 3 is 2.70 bits per heavy atom. The van der Waals surface area contributed by atoms with Crippen LogP contribution in [-0.2, 0) is 19.5 Å². The average molecular weight is 420 g/mol. The summed E-state index contributed by atoms with van der Waals surface area (Å²) in [6.45, 7) is 3.94. The molecule has 1 amide bonds. The lowest BCUT2D eigenvalue weighted by Gasteiger charge is -2.11. The number of benzene rings is 2. The average Bonchev–Trinajstić information content (AvgIpc) is 3.44. The van der Waals surface area contributed by atoms with E-state index >= 15 is 0 Å². The second-order valence-electron chi connectivity index (χ2n) is 7.03. The van der Waals surface area contributed by atoms with Crippen LogP contribution in [0.4, 0.5) is 0 Å². The van der Waals surface area contributed by atoms with Crippen molar-refractivity contribution in [3.63, 3.8) is 0 Å². The topological polar surface area (TPSA) is 56.1 Å². The van der Waals surface area contributed by atoms with Gasteiger partial charge in [-0.3, -0.25) is 4.79 Å². The number of hydrogen-bond donors (Lipinski definition) is 1. The monoisotopic (exact) mass is 419 g/mol. The van der Waals surface area contributed by atoms with Crippen LogP contribution in [0.25, 0.3) is 11.0 Å². The molecule has 0 unspecified atom stereocenters. The summed E-state index contributed by atoms with van der Waals surface area (Å²) in [6, 6.07) is 20.0. The van der Waals surface area contributed by atoms with E-state index in [1.165, 1.54) is 16.9 Å². The SMILES string of the molecule is CCc1ccc(OCCCn2c(CNC(=O)c3cccs3)nc3ccccc32)cc1. The molecule has 2 aromatic heterocycles. The number of aromatic nitrogens is 2. The first-order valence-corrected chi connectivity index (χ1v) is 11.1. The Morgan fingerprint density at radius 2 is 1.93 bits per heavy atom.